The summed E-state index contributed by atoms with van der Waals surface area (Å²) < 4.78 is 0. The third-order valence-corrected chi connectivity index (χ3v) is 3.22. The molecule has 17 heavy (non-hydrogen) atoms. The molecule has 0 fully saturated rings. The van der Waals surface area contributed by atoms with Crippen LogP contribution < -0.4 is 0 Å². The van der Waals surface area contributed by atoms with E-state index in [-0.39, 0.29) is 0 Å². The molecule has 0 saturated heterocycles. The quantitative estimate of drug-likeness (QED) is 0.619. The predicted molar refractivity (Wildman–Crippen MR) is 78.1 cm³/mol. The van der Waals surface area contributed by atoms with Gasteiger partial charge in [-0.1, -0.05) is 48.1 Å². The maximum absolute atomic E-state index is 2.22. The highest BCUT2D eigenvalue weighted by molar-refractivity contribution is 5.54. The van der Waals surface area contributed by atoms with E-state index in [1.807, 2.05) is 0 Å². The normalized spacial score (nSPS) is 13.5. The first-order valence-corrected chi connectivity index (χ1v) is 6.10. The lowest BCUT2D eigenvalue weighted by atomic mass is 10.1. The maximum atomic E-state index is 2.22. The summed E-state index contributed by atoms with van der Waals surface area (Å²) in [7, 11) is 0. The van der Waals surface area contributed by atoms with Crippen LogP contribution in [0.25, 0.3) is 6.08 Å². The lowest BCUT2D eigenvalue weighted by molar-refractivity contribution is 1.32. The van der Waals surface area contributed by atoms with E-state index in [0.29, 0.717) is 0 Å². The Kier molecular flexibility index (Phi) is 4.96. The van der Waals surface area contributed by atoms with E-state index in [0.717, 1.165) is 0 Å². The molecule has 1 rings (SSSR count). The van der Waals surface area contributed by atoms with Gasteiger partial charge >= 0.3 is 0 Å². The van der Waals surface area contributed by atoms with E-state index in [1.165, 1.54) is 27.8 Å². The predicted octanol–water partition coefficient (Wildman–Crippen LogP) is 5.23. The minimum absolute atomic E-state index is 1.26. The van der Waals surface area contributed by atoms with Crippen LogP contribution in [0.4, 0.5) is 0 Å². The van der Waals surface area contributed by atoms with Crippen LogP contribution in [-0.4, -0.2) is 0 Å². The number of benzene rings is 1. The zero-order chi connectivity index (χ0) is 12.8. The molecule has 0 aromatic heterocycles. The molecule has 0 aliphatic heterocycles. The van der Waals surface area contributed by atoms with Crippen LogP contribution in [0.1, 0.15) is 37.5 Å². The number of rotatable bonds is 3. The molecule has 0 nitrogen and oxygen atoms in total. The van der Waals surface area contributed by atoms with Crippen LogP contribution in [-0.2, 0) is 0 Å². The van der Waals surface area contributed by atoms with Gasteiger partial charge in [-0.15, -0.1) is 0 Å². The summed E-state index contributed by atoms with van der Waals surface area (Å²) in [5.41, 5.74) is 6.59. The standard InChI is InChI=1S/C17H22/c1-6-13(2)14(3)8-7-9-17-11-10-15(4)16(5)12-17/h6-12H,1-5H3/b9-7+,13-6-,14-8-. The van der Waals surface area contributed by atoms with Crippen LogP contribution in [0.3, 0.4) is 0 Å². The molecule has 0 bridgehead atoms. The molecule has 0 heteroatoms. The fourth-order valence-electron chi connectivity index (χ4n) is 1.53. The molecule has 0 spiro atoms. The number of aryl methyl sites for hydroxylation is 2. The van der Waals surface area contributed by atoms with E-state index < -0.39 is 0 Å². The molecule has 0 unspecified atom stereocenters. The largest absolute Gasteiger partial charge is 0.0845 e. The van der Waals surface area contributed by atoms with Crippen molar-refractivity contribution < 1.29 is 0 Å². The summed E-state index contributed by atoms with van der Waals surface area (Å²) in [5.74, 6) is 0. The fraction of sp³-hybridized carbons (Fsp3) is 0.294. The highest BCUT2D eigenvalue weighted by atomic mass is 14.0. The molecule has 0 heterocycles. The van der Waals surface area contributed by atoms with Gasteiger partial charge in [-0.2, -0.15) is 0 Å². The van der Waals surface area contributed by atoms with Gasteiger partial charge < -0.3 is 0 Å². The molecule has 0 atom stereocenters. The zero-order valence-electron chi connectivity index (χ0n) is 11.5. The molecule has 0 aliphatic carbocycles. The Morgan fingerprint density at radius 3 is 2.29 bits per heavy atom. The van der Waals surface area contributed by atoms with Crippen LogP contribution in [0.5, 0.6) is 0 Å². The molecular formula is C17H22. The SMILES string of the molecule is C\C=C(C)/C(C)=C\C=C\c1ccc(C)c(C)c1. The Balaban J connectivity index is 2.81. The van der Waals surface area contributed by atoms with Gasteiger partial charge in [0.2, 0.25) is 0 Å². The molecule has 0 amide bonds. The minimum atomic E-state index is 1.26. The highest BCUT2D eigenvalue weighted by Crippen LogP contribution is 2.12. The fourth-order valence-corrected chi connectivity index (χ4v) is 1.53. The molecule has 90 valence electrons. The van der Waals surface area contributed by atoms with Crippen molar-refractivity contribution in [1.82, 2.24) is 0 Å². The molecule has 0 saturated carbocycles. The van der Waals surface area contributed by atoms with Gasteiger partial charge in [-0.25, -0.2) is 0 Å². The van der Waals surface area contributed by atoms with E-state index in [4.69, 9.17) is 0 Å². The van der Waals surface area contributed by atoms with Crippen molar-refractivity contribution in [3.63, 3.8) is 0 Å². The second-order valence-electron chi connectivity index (χ2n) is 4.52. The summed E-state index contributed by atoms with van der Waals surface area (Å²) >= 11 is 0. The Bertz CT molecular complexity index is 471. The van der Waals surface area contributed by atoms with Gasteiger partial charge in [0, 0.05) is 0 Å². The molecular weight excluding hydrogens is 204 g/mol. The first-order valence-electron chi connectivity index (χ1n) is 6.10. The first-order chi connectivity index (χ1) is 8.04. The van der Waals surface area contributed by atoms with Crippen molar-refractivity contribution in [3.8, 4) is 0 Å². The number of hydrogen-bond acceptors (Lipinski definition) is 0. The van der Waals surface area contributed by atoms with Crippen LogP contribution in [0.2, 0.25) is 0 Å². The molecule has 1 aromatic carbocycles. The second kappa shape index (κ2) is 6.24. The minimum Gasteiger partial charge on any atom is -0.0845 e. The van der Waals surface area contributed by atoms with Crippen LogP contribution in [0, 0.1) is 13.8 Å². The van der Waals surface area contributed by atoms with Crippen LogP contribution in [0.15, 0.2) is 47.6 Å². The average molecular weight is 226 g/mol. The van der Waals surface area contributed by atoms with Crippen molar-refractivity contribution in [2.75, 3.05) is 0 Å². The van der Waals surface area contributed by atoms with Crippen molar-refractivity contribution in [2.24, 2.45) is 0 Å². The van der Waals surface area contributed by atoms with Crippen molar-refractivity contribution in [1.29, 1.82) is 0 Å². The van der Waals surface area contributed by atoms with Gasteiger partial charge in [0.05, 0.1) is 0 Å². The molecule has 0 aliphatic rings. The maximum Gasteiger partial charge on any atom is -0.0254 e. The number of hydrogen-bond donors (Lipinski definition) is 0. The van der Waals surface area contributed by atoms with E-state index >= 15 is 0 Å². The monoisotopic (exact) mass is 226 g/mol. The topological polar surface area (TPSA) is 0 Å². The average Bonchev–Trinajstić information content (AvgIpc) is 2.32. The Labute approximate surface area is 105 Å². The first kappa shape index (κ1) is 13.5. The Morgan fingerprint density at radius 1 is 1.00 bits per heavy atom. The third-order valence-electron chi connectivity index (χ3n) is 3.22. The molecule has 0 radical (unpaired) electrons. The van der Waals surface area contributed by atoms with Gasteiger partial charge in [-0.05, 0) is 56.9 Å². The summed E-state index contributed by atoms with van der Waals surface area (Å²) in [5, 5.41) is 0. The van der Waals surface area contributed by atoms with Gasteiger partial charge in [0.25, 0.3) is 0 Å². The van der Waals surface area contributed by atoms with E-state index in [2.05, 4.69) is 77.1 Å². The van der Waals surface area contributed by atoms with Gasteiger partial charge in [0.1, 0.15) is 0 Å². The van der Waals surface area contributed by atoms with Gasteiger partial charge in [-0.3, -0.25) is 0 Å². The van der Waals surface area contributed by atoms with Crippen molar-refractivity contribution >= 4 is 6.08 Å². The van der Waals surface area contributed by atoms with Crippen molar-refractivity contribution in [2.45, 2.75) is 34.6 Å². The lowest BCUT2D eigenvalue weighted by Crippen LogP contribution is -1.81. The highest BCUT2D eigenvalue weighted by Gasteiger charge is 1.92. The Hall–Kier alpha value is -1.56. The van der Waals surface area contributed by atoms with Gasteiger partial charge in [0.15, 0.2) is 0 Å². The summed E-state index contributed by atoms with van der Waals surface area (Å²) in [6.07, 6.45) is 8.56. The summed E-state index contributed by atoms with van der Waals surface area (Å²) in [6.45, 7) is 10.6. The summed E-state index contributed by atoms with van der Waals surface area (Å²) in [6, 6.07) is 6.55. The molecule has 1 aromatic rings. The smallest absolute Gasteiger partial charge is 0.0254 e. The Morgan fingerprint density at radius 2 is 1.71 bits per heavy atom. The van der Waals surface area contributed by atoms with E-state index in [1.54, 1.807) is 0 Å². The lowest BCUT2D eigenvalue weighted by Gasteiger charge is -2.00. The second-order valence-corrected chi connectivity index (χ2v) is 4.52. The summed E-state index contributed by atoms with van der Waals surface area (Å²) in [4.78, 5) is 0. The number of allylic oxidation sites excluding steroid dienone is 5. The van der Waals surface area contributed by atoms with Crippen molar-refractivity contribution in [3.05, 3.63) is 64.3 Å². The third kappa shape index (κ3) is 4.07. The zero-order valence-corrected chi connectivity index (χ0v) is 11.5. The molecule has 0 N–H and O–H groups in total. The van der Waals surface area contributed by atoms with E-state index in [9.17, 15) is 0 Å². The van der Waals surface area contributed by atoms with Crippen LogP contribution >= 0.6 is 0 Å².